The fourth-order valence-corrected chi connectivity index (χ4v) is 3.93. The van der Waals surface area contributed by atoms with E-state index in [4.69, 9.17) is 4.74 Å². The van der Waals surface area contributed by atoms with Gasteiger partial charge in [-0.1, -0.05) is 42.5 Å². The molecule has 2 aromatic rings. The molecule has 1 aliphatic rings. The van der Waals surface area contributed by atoms with Crippen LogP contribution in [-0.4, -0.2) is 34.4 Å². The Hall–Kier alpha value is -2.80. The molecular formula is C23H27N3O3S. The van der Waals surface area contributed by atoms with Crippen LogP contribution < -0.4 is 5.56 Å². The Kier molecular flexibility index (Phi) is 6.82. The molecule has 7 heteroatoms. The van der Waals surface area contributed by atoms with Gasteiger partial charge in [0.05, 0.1) is 29.1 Å². The molecule has 1 aromatic heterocycles. The summed E-state index contributed by atoms with van der Waals surface area (Å²) in [6.07, 6.45) is 6.96. The van der Waals surface area contributed by atoms with Crippen molar-refractivity contribution in [2.75, 3.05) is 13.4 Å². The Labute approximate surface area is 180 Å². The smallest absolute Gasteiger partial charge is 0.330 e. The van der Waals surface area contributed by atoms with Gasteiger partial charge in [0.25, 0.3) is 5.56 Å². The summed E-state index contributed by atoms with van der Waals surface area (Å²) in [5.41, 5.74) is 3.53. The number of carbonyl (C=O) groups excluding carboxylic acids is 1. The van der Waals surface area contributed by atoms with Crippen molar-refractivity contribution in [3.05, 3.63) is 69.6 Å². The first kappa shape index (κ1) is 21.9. The summed E-state index contributed by atoms with van der Waals surface area (Å²) in [7, 11) is 1.37. The second-order valence-corrected chi connectivity index (χ2v) is 8.02. The van der Waals surface area contributed by atoms with Crippen LogP contribution in [0.2, 0.25) is 0 Å². The summed E-state index contributed by atoms with van der Waals surface area (Å²) in [6.45, 7) is 8.42. The van der Waals surface area contributed by atoms with Gasteiger partial charge in [-0.3, -0.25) is 9.48 Å². The molecule has 3 rings (SSSR count). The highest BCUT2D eigenvalue weighted by atomic mass is 32.2. The number of aryl methyl sites for hydroxylation is 1. The highest BCUT2D eigenvalue weighted by molar-refractivity contribution is 8.02. The zero-order chi connectivity index (χ0) is 21.8. The highest BCUT2D eigenvalue weighted by Crippen LogP contribution is 2.31. The number of fused-ring (bicyclic) bond motifs is 1. The maximum absolute atomic E-state index is 13.5. The SMILES string of the molecule is C=C(/N=C(\C=C/C)c1c(-c2ccc(C)cc2)c(=O)n2n1C(C(=O)OC)CCC2)SC. The van der Waals surface area contributed by atoms with Crippen molar-refractivity contribution in [2.24, 2.45) is 4.99 Å². The van der Waals surface area contributed by atoms with E-state index < -0.39 is 6.04 Å². The predicted molar refractivity (Wildman–Crippen MR) is 123 cm³/mol. The number of hydrogen-bond donors (Lipinski definition) is 0. The van der Waals surface area contributed by atoms with Crippen LogP contribution in [0.5, 0.6) is 0 Å². The first-order chi connectivity index (χ1) is 14.4. The largest absolute Gasteiger partial charge is 0.467 e. The lowest BCUT2D eigenvalue weighted by Crippen LogP contribution is -2.36. The first-order valence-electron chi connectivity index (χ1n) is 9.87. The average molecular weight is 426 g/mol. The summed E-state index contributed by atoms with van der Waals surface area (Å²) < 4.78 is 8.49. The molecule has 0 saturated heterocycles. The van der Waals surface area contributed by atoms with Gasteiger partial charge in [-0.05, 0) is 44.6 Å². The molecule has 158 valence electrons. The molecule has 0 N–H and O–H groups in total. The second kappa shape index (κ2) is 9.34. The van der Waals surface area contributed by atoms with Gasteiger partial charge in [0.1, 0.15) is 6.04 Å². The van der Waals surface area contributed by atoms with E-state index in [0.717, 1.165) is 17.5 Å². The summed E-state index contributed by atoms with van der Waals surface area (Å²) in [4.78, 5) is 30.8. The number of benzene rings is 1. The standard InChI is InChI=1S/C23H27N3O3S/c1-6-8-18(24-16(3)30-5)21-20(17-12-10-15(2)11-13-17)22(27)25-14-7-9-19(26(21)25)23(28)29-4/h6,8,10-13,19H,3,7,9,14H2,1-2,4-5H3/b8-6-,24-18+. The van der Waals surface area contributed by atoms with Gasteiger partial charge in [-0.25, -0.2) is 14.5 Å². The van der Waals surface area contributed by atoms with Gasteiger partial charge in [0, 0.05) is 6.54 Å². The van der Waals surface area contributed by atoms with E-state index in [1.54, 1.807) is 9.36 Å². The number of hydrogen-bond acceptors (Lipinski definition) is 5. The maximum atomic E-state index is 13.5. The molecule has 1 aromatic carbocycles. The number of aliphatic imine (C=N–C) groups is 1. The van der Waals surface area contributed by atoms with E-state index in [1.165, 1.54) is 18.9 Å². The van der Waals surface area contributed by atoms with Crippen molar-refractivity contribution in [1.29, 1.82) is 0 Å². The van der Waals surface area contributed by atoms with E-state index >= 15 is 0 Å². The third kappa shape index (κ3) is 4.07. The van der Waals surface area contributed by atoms with Crippen LogP contribution in [0.1, 0.15) is 37.1 Å². The van der Waals surface area contributed by atoms with Crippen molar-refractivity contribution in [3.8, 4) is 11.1 Å². The van der Waals surface area contributed by atoms with Crippen LogP contribution in [-0.2, 0) is 16.1 Å². The minimum absolute atomic E-state index is 0.130. The third-order valence-electron chi connectivity index (χ3n) is 5.18. The van der Waals surface area contributed by atoms with E-state index in [9.17, 15) is 9.59 Å². The molecule has 0 amide bonds. The molecule has 0 fully saturated rings. The fourth-order valence-electron chi connectivity index (χ4n) is 3.74. The van der Waals surface area contributed by atoms with E-state index in [1.807, 2.05) is 56.5 Å². The molecule has 1 unspecified atom stereocenters. The van der Waals surface area contributed by atoms with Crippen molar-refractivity contribution >= 4 is 23.4 Å². The van der Waals surface area contributed by atoms with Crippen molar-refractivity contribution in [1.82, 2.24) is 9.36 Å². The molecular weight excluding hydrogens is 398 g/mol. The third-order valence-corrected chi connectivity index (χ3v) is 5.74. The number of allylic oxidation sites excluding steroid dienone is 2. The number of rotatable bonds is 6. The first-order valence-corrected chi connectivity index (χ1v) is 11.1. The van der Waals surface area contributed by atoms with Gasteiger partial charge >= 0.3 is 5.97 Å². The molecule has 1 atom stereocenters. The van der Waals surface area contributed by atoms with E-state index in [-0.39, 0.29) is 11.5 Å². The van der Waals surface area contributed by atoms with Crippen molar-refractivity contribution in [2.45, 2.75) is 39.3 Å². The minimum Gasteiger partial charge on any atom is -0.467 e. The quantitative estimate of drug-likeness (QED) is 0.510. The number of esters is 1. The highest BCUT2D eigenvalue weighted by Gasteiger charge is 2.34. The normalized spacial score (nSPS) is 16.5. The topological polar surface area (TPSA) is 65.6 Å². The molecule has 2 heterocycles. The van der Waals surface area contributed by atoms with Gasteiger partial charge in [-0.2, -0.15) is 0 Å². The number of methoxy groups -OCH3 is 1. The number of ether oxygens (including phenoxy) is 1. The molecule has 0 saturated carbocycles. The van der Waals surface area contributed by atoms with Crippen LogP contribution in [0.4, 0.5) is 0 Å². The Balaban J connectivity index is 2.40. The monoisotopic (exact) mass is 425 g/mol. The van der Waals surface area contributed by atoms with Crippen LogP contribution >= 0.6 is 11.8 Å². The second-order valence-electron chi connectivity index (χ2n) is 7.14. The maximum Gasteiger partial charge on any atom is 0.330 e. The number of nitrogens with zero attached hydrogens (tertiary/aromatic N) is 3. The Morgan fingerprint density at radius 3 is 2.63 bits per heavy atom. The van der Waals surface area contributed by atoms with Crippen LogP contribution in [0.3, 0.4) is 0 Å². The molecule has 0 aliphatic carbocycles. The summed E-state index contributed by atoms with van der Waals surface area (Å²) in [5.74, 6) is -0.362. The lowest BCUT2D eigenvalue weighted by Gasteiger charge is -2.27. The number of aromatic nitrogens is 2. The van der Waals surface area contributed by atoms with Gasteiger partial charge in [0.2, 0.25) is 0 Å². The van der Waals surface area contributed by atoms with Crippen LogP contribution in [0.15, 0.2) is 57.8 Å². The average Bonchev–Trinajstić information content (AvgIpc) is 3.06. The number of carbonyl (C=O) groups is 1. The van der Waals surface area contributed by atoms with Crippen LogP contribution in [0.25, 0.3) is 11.1 Å². The molecule has 0 spiro atoms. The Morgan fingerprint density at radius 1 is 1.33 bits per heavy atom. The lowest BCUT2D eigenvalue weighted by molar-refractivity contribution is -0.146. The van der Waals surface area contributed by atoms with Gasteiger partial charge in [0.15, 0.2) is 0 Å². The van der Waals surface area contributed by atoms with Gasteiger partial charge < -0.3 is 4.74 Å². The zero-order valence-corrected chi connectivity index (χ0v) is 18.7. The minimum atomic E-state index is -0.580. The van der Waals surface area contributed by atoms with Crippen molar-refractivity contribution in [3.63, 3.8) is 0 Å². The summed E-state index contributed by atoms with van der Waals surface area (Å²) >= 11 is 1.43. The van der Waals surface area contributed by atoms with Crippen LogP contribution in [0, 0.1) is 6.92 Å². The summed E-state index contributed by atoms with van der Waals surface area (Å²) in [6, 6.07) is 7.25. The Bertz CT molecular complexity index is 1070. The van der Waals surface area contributed by atoms with E-state index in [0.29, 0.717) is 35.0 Å². The molecule has 0 radical (unpaired) electrons. The molecule has 1 aliphatic heterocycles. The zero-order valence-electron chi connectivity index (χ0n) is 17.8. The van der Waals surface area contributed by atoms with Gasteiger partial charge in [-0.15, -0.1) is 11.8 Å². The molecule has 6 nitrogen and oxygen atoms in total. The fraction of sp³-hybridized carbons (Fsp3) is 0.348. The lowest BCUT2D eigenvalue weighted by atomic mass is 10.0. The summed E-state index contributed by atoms with van der Waals surface area (Å²) in [5, 5.41) is 0.622. The van der Waals surface area contributed by atoms with E-state index in [2.05, 4.69) is 11.6 Å². The number of thioether (sulfide) groups is 1. The molecule has 30 heavy (non-hydrogen) atoms. The predicted octanol–water partition coefficient (Wildman–Crippen LogP) is 4.33. The Morgan fingerprint density at radius 2 is 2.03 bits per heavy atom. The van der Waals surface area contributed by atoms with Crippen molar-refractivity contribution < 1.29 is 9.53 Å². The molecule has 0 bridgehead atoms.